The van der Waals surface area contributed by atoms with E-state index >= 15 is 0 Å². The summed E-state index contributed by atoms with van der Waals surface area (Å²) in [6.45, 7) is 2.45. The summed E-state index contributed by atoms with van der Waals surface area (Å²) in [5.74, 6) is -0.361. The molecule has 6 nitrogen and oxygen atoms in total. The fourth-order valence-electron chi connectivity index (χ4n) is 2.26. The number of carbonyl (C=O) groups is 2. The molecule has 1 aliphatic rings. The van der Waals surface area contributed by atoms with Gasteiger partial charge in [0.25, 0.3) is 0 Å². The van der Waals surface area contributed by atoms with Crippen molar-refractivity contribution in [1.29, 1.82) is 0 Å². The van der Waals surface area contributed by atoms with Crippen molar-refractivity contribution in [1.82, 2.24) is 16.0 Å². The average Bonchev–Trinajstić information content (AvgIpc) is 2.85. The maximum atomic E-state index is 11.6. The van der Waals surface area contributed by atoms with Gasteiger partial charge in [0.1, 0.15) is 0 Å². The molecule has 1 unspecified atom stereocenters. The first-order valence-electron chi connectivity index (χ1n) is 6.40. The Labute approximate surface area is 108 Å². The van der Waals surface area contributed by atoms with Gasteiger partial charge in [0.15, 0.2) is 0 Å². The third-order valence-corrected chi connectivity index (χ3v) is 3.64. The molecule has 0 spiro atoms. The molecule has 0 aromatic rings. The average molecular weight is 257 g/mol. The number of nitrogens with one attached hydrogen (secondary N) is 3. The molecule has 1 atom stereocenters. The fourth-order valence-corrected chi connectivity index (χ4v) is 2.26. The predicted octanol–water partition coefficient (Wildman–Crippen LogP) is -0.0272. The highest BCUT2D eigenvalue weighted by molar-refractivity contribution is 5.96. The molecule has 4 N–H and O–H groups in total. The van der Waals surface area contributed by atoms with Gasteiger partial charge in [-0.3, -0.25) is 10.1 Å². The number of imide groups is 1. The number of carbonyl (C=O) groups excluding carboxylic acids is 2. The summed E-state index contributed by atoms with van der Waals surface area (Å²) in [6, 6.07) is -0.960. The maximum Gasteiger partial charge on any atom is 0.321 e. The molecule has 1 aliphatic carbocycles. The van der Waals surface area contributed by atoms with Gasteiger partial charge in [-0.15, -0.1) is 0 Å². The number of aliphatic hydroxyl groups is 1. The van der Waals surface area contributed by atoms with Gasteiger partial charge in [-0.1, -0.05) is 12.8 Å². The normalized spacial score (nSPS) is 19.3. The van der Waals surface area contributed by atoms with E-state index < -0.39 is 12.1 Å². The lowest BCUT2D eigenvalue weighted by Crippen LogP contribution is -2.49. The van der Waals surface area contributed by atoms with Gasteiger partial charge in [0.05, 0.1) is 6.04 Å². The van der Waals surface area contributed by atoms with Crippen molar-refractivity contribution in [3.8, 4) is 0 Å². The van der Waals surface area contributed by atoms with Crippen LogP contribution in [-0.2, 0) is 4.79 Å². The maximum absolute atomic E-state index is 11.6. The molecule has 18 heavy (non-hydrogen) atoms. The van der Waals surface area contributed by atoms with Crippen LogP contribution < -0.4 is 16.0 Å². The summed E-state index contributed by atoms with van der Waals surface area (Å²) in [6.07, 6.45) is 4.22. The minimum absolute atomic E-state index is 0.0957. The van der Waals surface area contributed by atoms with E-state index in [0.29, 0.717) is 6.54 Å². The molecule has 0 radical (unpaired) electrons. The minimum atomic E-state index is -0.508. The van der Waals surface area contributed by atoms with E-state index in [-0.39, 0.29) is 17.9 Å². The molecule has 0 heterocycles. The molecule has 0 aliphatic heterocycles. The van der Waals surface area contributed by atoms with Crippen molar-refractivity contribution in [2.24, 2.45) is 5.41 Å². The van der Waals surface area contributed by atoms with E-state index in [4.69, 9.17) is 0 Å². The Morgan fingerprint density at radius 3 is 2.44 bits per heavy atom. The van der Waals surface area contributed by atoms with Gasteiger partial charge in [-0.2, -0.15) is 0 Å². The molecule has 0 saturated heterocycles. The summed E-state index contributed by atoms with van der Waals surface area (Å²) in [4.78, 5) is 22.6. The fraction of sp³-hybridized carbons (Fsp3) is 0.833. The van der Waals surface area contributed by atoms with Crippen LogP contribution >= 0.6 is 0 Å². The molecule has 1 fully saturated rings. The van der Waals surface area contributed by atoms with Gasteiger partial charge in [-0.05, 0) is 19.8 Å². The minimum Gasteiger partial charge on any atom is -0.396 e. The first-order chi connectivity index (χ1) is 8.53. The largest absolute Gasteiger partial charge is 0.396 e. The van der Waals surface area contributed by atoms with E-state index in [1.54, 1.807) is 6.92 Å². The van der Waals surface area contributed by atoms with Crippen LogP contribution in [0.25, 0.3) is 0 Å². The monoisotopic (exact) mass is 257 g/mol. The number of hydrogen-bond acceptors (Lipinski definition) is 4. The molecular formula is C12H23N3O3. The quantitative estimate of drug-likeness (QED) is 0.557. The van der Waals surface area contributed by atoms with Crippen molar-refractivity contribution in [2.75, 3.05) is 20.2 Å². The summed E-state index contributed by atoms with van der Waals surface area (Å²) in [5.41, 5.74) is -0.0957. The van der Waals surface area contributed by atoms with E-state index in [9.17, 15) is 14.7 Å². The zero-order valence-corrected chi connectivity index (χ0v) is 11.1. The number of urea groups is 1. The molecule has 104 valence electrons. The second-order valence-corrected chi connectivity index (χ2v) is 5.04. The lowest BCUT2D eigenvalue weighted by atomic mass is 9.87. The third-order valence-electron chi connectivity index (χ3n) is 3.64. The Kier molecular flexibility index (Phi) is 5.55. The SMILES string of the molecule is CNC(=O)NC(=O)C(C)NCC1(CO)CCCC1. The van der Waals surface area contributed by atoms with Crippen molar-refractivity contribution in [3.63, 3.8) is 0 Å². The zero-order valence-electron chi connectivity index (χ0n) is 11.1. The number of rotatable bonds is 5. The summed E-state index contributed by atoms with van der Waals surface area (Å²) < 4.78 is 0. The topological polar surface area (TPSA) is 90.5 Å². The second kappa shape index (κ2) is 6.70. The Balaban J connectivity index is 2.37. The number of hydrogen-bond donors (Lipinski definition) is 4. The summed E-state index contributed by atoms with van der Waals surface area (Å²) >= 11 is 0. The van der Waals surface area contributed by atoms with Gasteiger partial charge in [0.2, 0.25) is 5.91 Å². The lowest BCUT2D eigenvalue weighted by Gasteiger charge is -2.28. The van der Waals surface area contributed by atoms with Crippen LogP contribution in [0.1, 0.15) is 32.6 Å². The summed E-state index contributed by atoms with van der Waals surface area (Å²) in [5, 5.41) is 17.1. The first kappa shape index (κ1) is 14.9. The van der Waals surface area contributed by atoms with Crippen LogP contribution in [0.3, 0.4) is 0 Å². The van der Waals surface area contributed by atoms with E-state index in [1.807, 2.05) is 0 Å². The molecule has 6 heteroatoms. The van der Waals surface area contributed by atoms with Gasteiger partial charge in [0, 0.05) is 25.6 Å². The van der Waals surface area contributed by atoms with E-state index in [1.165, 1.54) is 7.05 Å². The molecule has 0 aromatic carbocycles. The van der Waals surface area contributed by atoms with Crippen LogP contribution in [0.4, 0.5) is 4.79 Å². The Bertz CT molecular complexity index is 301. The Hall–Kier alpha value is -1.14. The van der Waals surface area contributed by atoms with Crippen molar-refractivity contribution >= 4 is 11.9 Å². The van der Waals surface area contributed by atoms with E-state index in [0.717, 1.165) is 25.7 Å². The highest BCUT2D eigenvalue weighted by atomic mass is 16.3. The Morgan fingerprint density at radius 1 is 1.33 bits per heavy atom. The molecular weight excluding hydrogens is 234 g/mol. The van der Waals surface area contributed by atoms with Gasteiger partial charge >= 0.3 is 6.03 Å². The van der Waals surface area contributed by atoms with Gasteiger partial charge < -0.3 is 15.7 Å². The number of aliphatic hydroxyl groups excluding tert-OH is 1. The highest BCUT2D eigenvalue weighted by Gasteiger charge is 2.33. The highest BCUT2D eigenvalue weighted by Crippen LogP contribution is 2.36. The molecule has 1 saturated carbocycles. The van der Waals surface area contributed by atoms with E-state index in [2.05, 4.69) is 16.0 Å². The van der Waals surface area contributed by atoms with Crippen LogP contribution in [0.5, 0.6) is 0 Å². The predicted molar refractivity (Wildman–Crippen MR) is 68.0 cm³/mol. The van der Waals surface area contributed by atoms with Crippen molar-refractivity contribution in [3.05, 3.63) is 0 Å². The third kappa shape index (κ3) is 3.96. The smallest absolute Gasteiger partial charge is 0.321 e. The first-order valence-corrected chi connectivity index (χ1v) is 6.40. The summed E-state index contributed by atoms with van der Waals surface area (Å²) in [7, 11) is 1.46. The van der Waals surface area contributed by atoms with Gasteiger partial charge in [-0.25, -0.2) is 4.79 Å². The second-order valence-electron chi connectivity index (χ2n) is 5.04. The molecule has 0 aromatic heterocycles. The standard InChI is InChI=1S/C12H23N3O3/c1-9(10(17)15-11(18)13-2)14-7-12(8-16)5-3-4-6-12/h9,14,16H,3-8H2,1-2H3,(H2,13,15,17,18). The van der Waals surface area contributed by atoms with Crippen LogP contribution in [0.15, 0.2) is 0 Å². The lowest BCUT2D eigenvalue weighted by molar-refractivity contribution is -0.121. The molecule has 3 amide bonds. The van der Waals surface area contributed by atoms with Crippen molar-refractivity contribution in [2.45, 2.75) is 38.6 Å². The molecule has 1 rings (SSSR count). The van der Waals surface area contributed by atoms with Crippen LogP contribution in [-0.4, -0.2) is 43.3 Å². The van der Waals surface area contributed by atoms with Crippen LogP contribution in [0, 0.1) is 5.41 Å². The van der Waals surface area contributed by atoms with Crippen LogP contribution in [0.2, 0.25) is 0 Å². The zero-order chi connectivity index (χ0) is 13.6. The Morgan fingerprint density at radius 2 is 1.94 bits per heavy atom. The van der Waals surface area contributed by atoms with Crippen molar-refractivity contribution < 1.29 is 14.7 Å². The molecule has 0 bridgehead atoms. The number of amides is 3.